The van der Waals surface area contributed by atoms with E-state index in [-0.39, 0.29) is 5.97 Å². The molecule has 1 saturated carbocycles. The quantitative estimate of drug-likeness (QED) is 0.514. The van der Waals surface area contributed by atoms with E-state index in [0.717, 1.165) is 25.4 Å². The van der Waals surface area contributed by atoms with E-state index in [9.17, 15) is 4.79 Å². The first kappa shape index (κ1) is 16.5. The Morgan fingerprint density at radius 1 is 1.21 bits per heavy atom. The predicted molar refractivity (Wildman–Crippen MR) is 79.1 cm³/mol. The molecule has 0 bridgehead atoms. The minimum absolute atomic E-state index is 0.00841. The minimum atomic E-state index is 0.00841. The highest BCUT2D eigenvalue weighted by Crippen LogP contribution is 2.26. The molecule has 0 amide bonds. The van der Waals surface area contributed by atoms with E-state index in [1.807, 2.05) is 0 Å². The van der Waals surface area contributed by atoms with Crippen LogP contribution in [0.3, 0.4) is 0 Å². The topological polar surface area (TPSA) is 38.3 Å². The summed E-state index contributed by atoms with van der Waals surface area (Å²) in [5, 5.41) is 3.38. The Hall–Kier alpha value is -0.570. The van der Waals surface area contributed by atoms with E-state index < -0.39 is 0 Å². The standard InChI is InChI=1S/C16H31NO2/c1-14(2)9-11-17-10-6-12-19-16(18)13-15-7-4-3-5-8-15/h14-15,17H,3-13H2,1-2H3. The Morgan fingerprint density at radius 3 is 2.63 bits per heavy atom. The first-order chi connectivity index (χ1) is 9.18. The Labute approximate surface area is 118 Å². The van der Waals surface area contributed by atoms with Crippen molar-refractivity contribution in [3.05, 3.63) is 0 Å². The molecule has 0 aromatic heterocycles. The van der Waals surface area contributed by atoms with Crippen LogP contribution in [0.1, 0.15) is 65.2 Å². The fourth-order valence-electron chi connectivity index (χ4n) is 2.58. The summed E-state index contributed by atoms with van der Waals surface area (Å²) < 4.78 is 5.29. The third kappa shape index (κ3) is 9.04. The molecule has 3 heteroatoms. The van der Waals surface area contributed by atoms with Crippen LogP contribution in [0.5, 0.6) is 0 Å². The molecule has 0 saturated heterocycles. The fraction of sp³-hybridized carbons (Fsp3) is 0.938. The number of nitrogens with one attached hydrogen (secondary N) is 1. The number of esters is 1. The Morgan fingerprint density at radius 2 is 1.95 bits per heavy atom. The number of carbonyl (C=O) groups is 1. The normalized spacial score (nSPS) is 16.8. The predicted octanol–water partition coefficient (Wildman–Crippen LogP) is 3.53. The summed E-state index contributed by atoms with van der Waals surface area (Å²) in [6, 6.07) is 0. The maximum atomic E-state index is 11.6. The van der Waals surface area contributed by atoms with E-state index in [1.165, 1.54) is 38.5 Å². The van der Waals surface area contributed by atoms with Crippen LogP contribution in [-0.2, 0) is 9.53 Å². The molecule has 0 radical (unpaired) electrons. The Balaban J connectivity index is 1.89. The van der Waals surface area contributed by atoms with Crippen molar-refractivity contribution in [1.29, 1.82) is 0 Å². The number of carbonyl (C=O) groups excluding carboxylic acids is 1. The second-order valence-electron chi connectivity index (χ2n) is 6.21. The van der Waals surface area contributed by atoms with Gasteiger partial charge < -0.3 is 10.1 Å². The van der Waals surface area contributed by atoms with Crippen LogP contribution in [0.2, 0.25) is 0 Å². The highest BCUT2D eigenvalue weighted by atomic mass is 16.5. The van der Waals surface area contributed by atoms with Crippen molar-refractivity contribution in [2.45, 2.75) is 65.2 Å². The average Bonchev–Trinajstić information content (AvgIpc) is 2.38. The SMILES string of the molecule is CC(C)CCNCCCOC(=O)CC1CCCCC1. The van der Waals surface area contributed by atoms with Gasteiger partial charge in [-0.15, -0.1) is 0 Å². The summed E-state index contributed by atoms with van der Waals surface area (Å²) in [6.45, 7) is 7.04. The van der Waals surface area contributed by atoms with Gasteiger partial charge in [0.15, 0.2) is 0 Å². The number of hydrogen-bond donors (Lipinski definition) is 1. The molecule has 1 fully saturated rings. The van der Waals surface area contributed by atoms with Gasteiger partial charge in [0.1, 0.15) is 0 Å². The second-order valence-corrected chi connectivity index (χ2v) is 6.21. The molecule has 1 rings (SSSR count). The summed E-state index contributed by atoms with van der Waals surface area (Å²) in [6.07, 6.45) is 9.12. The summed E-state index contributed by atoms with van der Waals surface area (Å²) in [5.41, 5.74) is 0. The molecule has 3 nitrogen and oxygen atoms in total. The van der Waals surface area contributed by atoms with E-state index in [0.29, 0.717) is 18.9 Å². The maximum Gasteiger partial charge on any atom is 0.306 e. The van der Waals surface area contributed by atoms with Crippen molar-refractivity contribution in [2.75, 3.05) is 19.7 Å². The van der Waals surface area contributed by atoms with E-state index >= 15 is 0 Å². The molecular formula is C16H31NO2. The molecule has 0 aliphatic heterocycles. The van der Waals surface area contributed by atoms with Gasteiger partial charge in [-0.1, -0.05) is 33.1 Å². The molecule has 112 valence electrons. The molecule has 0 aromatic rings. The van der Waals surface area contributed by atoms with Crippen molar-refractivity contribution in [2.24, 2.45) is 11.8 Å². The van der Waals surface area contributed by atoms with E-state index in [1.54, 1.807) is 0 Å². The van der Waals surface area contributed by atoms with Crippen LogP contribution in [0.4, 0.5) is 0 Å². The maximum absolute atomic E-state index is 11.6. The minimum Gasteiger partial charge on any atom is -0.466 e. The molecule has 0 unspecified atom stereocenters. The zero-order chi connectivity index (χ0) is 13.9. The van der Waals surface area contributed by atoms with Gasteiger partial charge in [-0.05, 0) is 50.6 Å². The molecule has 0 spiro atoms. The number of rotatable bonds is 9. The van der Waals surface area contributed by atoms with Gasteiger partial charge in [0, 0.05) is 6.42 Å². The van der Waals surface area contributed by atoms with Crippen molar-refractivity contribution in [3.8, 4) is 0 Å². The third-order valence-corrected chi connectivity index (χ3v) is 3.84. The van der Waals surface area contributed by atoms with Gasteiger partial charge in [0.2, 0.25) is 0 Å². The van der Waals surface area contributed by atoms with Crippen molar-refractivity contribution in [3.63, 3.8) is 0 Å². The van der Waals surface area contributed by atoms with Gasteiger partial charge >= 0.3 is 5.97 Å². The zero-order valence-electron chi connectivity index (χ0n) is 12.7. The zero-order valence-corrected chi connectivity index (χ0v) is 12.7. The van der Waals surface area contributed by atoms with E-state index in [2.05, 4.69) is 19.2 Å². The highest BCUT2D eigenvalue weighted by molar-refractivity contribution is 5.69. The Kier molecular flexibility index (Phi) is 8.89. The van der Waals surface area contributed by atoms with E-state index in [4.69, 9.17) is 4.74 Å². The fourth-order valence-corrected chi connectivity index (χ4v) is 2.58. The van der Waals surface area contributed by atoms with Gasteiger partial charge in [-0.25, -0.2) is 0 Å². The largest absolute Gasteiger partial charge is 0.466 e. The first-order valence-corrected chi connectivity index (χ1v) is 8.05. The number of hydrogen-bond acceptors (Lipinski definition) is 3. The molecule has 0 aromatic carbocycles. The number of ether oxygens (including phenoxy) is 1. The van der Waals surface area contributed by atoms with Gasteiger partial charge in [-0.3, -0.25) is 4.79 Å². The highest BCUT2D eigenvalue weighted by Gasteiger charge is 2.17. The van der Waals surface area contributed by atoms with Crippen LogP contribution >= 0.6 is 0 Å². The summed E-state index contributed by atoms with van der Waals surface area (Å²) in [5.74, 6) is 1.35. The van der Waals surface area contributed by atoms with Gasteiger partial charge in [0.05, 0.1) is 6.61 Å². The van der Waals surface area contributed by atoms with Crippen LogP contribution < -0.4 is 5.32 Å². The molecule has 0 atom stereocenters. The van der Waals surface area contributed by atoms with Crippen molar-refractivity contribution in [1.82, 2.24) is 5.32 Å². The lowest BCUT2D eigenvalue weighted by Crippen LogP contribution is -2.20. The first-order valence-electron chi connectivity index (χ1n) is 8.05. The monoisotopic (exact) mass is 269 g/mol. The lowest BCUT2D eigenvalue weighted by Gasteiger charge is -2.20. The summed E-state index contributed by atoms with van der Waals surface area (Å²) >= 11 is 0. The lowest BCUT2D eigenvalue weighted by molar-refractivity contribution is -0.145. The summed E-state index contributed by atoms with van der Waals surface area (Å²) in [7, 11) is 0. The molecule has 19 heavy (non-hydrogen) atoms. The molecule has 1 N–H and O–H groups in total. The van der Waals surface area contributed by atoms with Crippen LogP contribution in [-0.4, -0.2) is 25.7 Å². The van der Waals surface area contributed by atoms with Crippen LogP contribution in [0, 0.1) is 11.8 Å². The molecule has 1 aliphatic rings. The lowest BCUT2D eigenvalue weighted by atomic mass is 9.87. The van der Waals surface area contributed by atoms with Crippen molar-refractivity contribution < 1.29 is 9.53 Å². The van der Waals surface area contributed by atoms with Crippen LogP contribution in [0.15, 0.2) is 0 Å². The Bertz CT molecular complexity index is 235. The molecule has 1 aliphatic carbocycles. The molecule has 0 heterocycles. The van der Waals surface area contributed by atoms with Gasteiger partial charge in [0.25, 0.3) is 0 Å². The third-order valence-electron chi connectivity index (χ3n) is 3.84. The molecular weight excluding hydrogens is 238 g/mol. The summed E-state index contributed by atoms with van der Waals surface area (Å²) in [4.78, 5) is 11.6. The smallest absolute Gasteiger partial charge is 0.306 e. The van der Waals surface area contributed by atoms with Crippen LogP contribution in [0.25, 0.3) is 0 Å². The van der Waals surface area contributed by atoms with Crippen molar-refractivity contribution >= 4 is 5.97 Å². The second kappa shape index (κ2) is 10.2. The average molecular weight is 269 g/mol. The van der Waals surface area contributed by atoms with Gasteiger partial charge in [-0.2, -0.15) is 0 Å².